The van der Waals surface area contributed by atoms with E-state index in [0.29, 0.717) is 13.1 Å². The van der Waals surface area contributed by atoms with Crippen molar-refractivity contribution in [1.82, 2.24) is 0 Å². The van der Waals surface area contributed by atoms with Gasteiger partial charge >= 0.3 is 0 Å². The standard InChI is InChI=1S/2C2H7NO.Ag/c2*3-1-2-4;/h2*4H,1-3H2;. The molecule has 0 unspecified atom stereocenters. The zero-order valence-electron chi connectivity index (χ0n) is 5.18. The molecule has 0 aromatic rings. The molecule has 0 bridgehead atoms. The Hall–Kier alpha value is 0.580. The summed E-state index contributed by atoms with van der Waals surface area (Å²) in [7, 11) is 0. The van der Waals surface area contributed by atoms with Crippen LogP contribution < -0.4 is 11.5 Å². The van der Waals surface area contributed by atoms with E-state index in [1.807, 2.05) is 0 Å². The molecule has 0 rings (SSSR count). The first-order valence-corrected chi connectivity index (χ1v) is 2.45. The van der Waals surface area contributed by atoms with Gasteiger partial charge in [-0.15, -0.1) is 0 Å². The molecule has 6 N–H and O–H groups in total. The van der Waals surface area contributed by atoms with Crippen LogP contribution in [0.1, 0.15) is 0 Å². The van der Waals surface area contributed by atoms with Gasteiger partial charge in [0.05, 0.1) is 13.2 Å². The Morgan fingerprint density at radius 3 is 1.00 bits per heavy atom. The van der Waals surface area contributed by atoms with E-state index in [1.165, 1.54) is 0 Å². The smallest absolute Gasteiger partial charge is 0.0553 e. The number of aliphatic hydroxyl groups is 2. The third-order valence-corrected chi connectivity index (χ3v) is 0.258. The second-order valence-electron chi connectivity index (χ2n) is 1.02. The summed E-state index contributed by atoms with van der Waals surface area (Å²) in [6, 6.07) is 0. The summed E-state index contributed by atoms with van der Waals surface area (Å²) in [5.41, 5.74) is 9.56. The Labute approximate surface area is 70.7 Å². The molecule has 9 heavy (non-hydrogen) atoms. The monoisotopic (exact) mass is 229 g/mol. The fourth-order valence-electron chi connectivity index (χ4n) is 0. The van der Waals surface area contributed by atoms with Gasteiger partial charge in [0.25, 0.3) is 0 Å². The van der Waals surface area contributed by atoms with E-state index in [1.54, 1.807) is 0 Å². The SMILES string of the molecule is NCCO.NCCO.[Ag]. The van der Waals surface area contributed by atoms with Crippen molar-refractivity contribution in [3.05, 3.63) is 0 Å². The molecule has 0 saturated carbocycles. The molecule has 0 aromatic carbocycles. The third-order valence-electron chi connectivity index (χ3n) is 0.258. The predicted molar refractivity (Wildman–Crippen MR) is 32.3 cm³/mol. The minimum Gasteiger partial charge on any atom is -0.395 e. The van der Waals surface area contributed by atoms with Crippen molar-refractivity contribution >= 4 is 0 Å². The summed E-state index contributed by atoms with van der Waals surface area (Å²) in [6.45, 7) is 0.944. The van der Waals surface area contributed by atoms with Crippen molar-refractivity contribution in [1.29, 1.82) is 0 Å². The Morgan fingerprint density at radius 1 is 0.889 bits per heavy atom. The zero-order valence-corrected chi connectivity index (χ0v) is 6.66. The van der Waals surface area contributed by atoms with Crippen molar-refractivity contribution in [2.24, 2.45) is 11.5 Å². The van der Waals surface area contributed by atoms with Crippen LogP contribution in [0.4, 0.5) is 0 Å². The van der Waals surface area contributed by atoms with Gasteiger partial charge in [-0.2, -0.15) is 0 Å². The van der Waals surface area contributed by atoms with E-state index in [-0.39, 0.29) is 35.6 Å². The number of rotatable bonds is 2. The minimum atomic E-state index is 0. The van der Waals surface area contributed by atoms with Crippen LogP contribution in [-0.4, -0.2) is 36.5 Å². The van der Waals surface area contributed by atoms with Crippen LogP contribution in [0.2, 0.25) is 0 Å². The maximum absolute atomic E-state index is 7.75. The number of nitrogens with two attached hydrogens (primary N) is 2. The number of hydrogen-bond acceptors (Lipinski definition) is 4. The van der Waals surface area contributed by atoms with Gasteiger partial charge in [-0.3, -0.25) is 0 Å². The average Bonchev–Trinajstić information content (AvgIpc) is 1.88. The normalized spacial score (nSPS) is 6.67. The van der Waals surface area contributed by atoms with Gasteiger partial charge in [-0.05, 0) is 0 Å². The molecule has 0 fully saturated rings. The minimum absolute atomic E-state index is 0. The first-order valence-electron chi connectivity index (χ1n) is 2.45. The van der Waals surface area contributed by atoms with Gasteiger partial charge in [0.2, 0.25) is 0 Å². The molecule has 0 aliphatic heterocycles. The molecule has 63 valence electrons. The molecule has 0 amide bonds. The first-order chi connectivity index (χ1) is 3.83. The largest absolute Gasteiger partial charge is 0.395 e. The van der Waals surface area contributed by atoms with Crippen molar-refractivity contribution in [3.8, 4) is 0 Å². The number of aliphatic hydroxyl groups excluding tert-OH is 2. The van der Waals surface area contributed by atoms with Crippen LogP contribution in [-0.2, 0) is 22.4 Å². The third kappa shape index (κ3) is 55.8. The predicted octanol–water partition coefficient (Wildman–Crippen LogP) is -2.13. The van der Waals surface area contributed by atoms with E-state index < -0.39 is 0 Å². The molecule has 1 radical (unpaired) electrons. The molecule has 0 aromatic heterocycles. The van der Waals surface area contributed by atoms with Crippen molar-refractivity contribution < 1.29 is 32.6 Å². The Kier molecular flexibility index (Phi) is 42.5. The Morgan fingerprint density at radius 2 is 1.00 bits per heavy atom. The van der Waals surface area contributed by atoms with E-state index in [9.17, 15) is 0 Å². The van der Waals surface area contributed by atoms with Crippen LogP contribution >= 0.6 is 0 Å². The Bertz CT molecular complexity index is 24.5. The molecule has 0 heterocycles. The van der Waals surface area contributed by atoms with Crippen molar-refractivity contribution in [2.75, 3.05) is 26.3 Å². The molecule has 0 saturated heterocycles. The molecule has 4 nitrogen and oxygen atoms in total. The van der Waals surface area contributed by atoms with Gasteiger partial charge in [0, 0.05) is 35.5 Å². The Balaban J connectivity index is -0.0000000720. The second-order valence-corrected chi connectivity index (χ2v) is 1.02. The first kappa shape index (κ1) is 16.3. The van der Waals surface area contributed by atoms with E-state index in [0.717, 1.165) is 0 Å². The average molecular weight is 230 g/mol. The topological polar surface area (TPSA) is 92.5 Å². The quantitative estimate of drug-likeness (QED) is 0.408. The molecule has 0 aliphatic carbocycles. The fraction of sp³-hybridized carbons (Fsp3) is 1.00. The summed E-state index contributed by atoms with van der Waals surface area (Å²) in [4.78, 5) is 0. The maximum Gasteiger partial charge on any atom is 0.0553 e. The molecule has 0 spiro atoms. The van der Waals surface area contributed by atoms with Gasteiger partial charge in [-0.25, -0.2) is 0 Å². The van der Waals surface area contributed by atoms with E-state index in [4.69, 9.17) is 21.7 Å². The molecule has 0 aliphatic rings. The summed E-state index contributed by atoms with van der Waals surface area (Å²) in [5.74, 6) is 0. The van der Waals surface area contributed by atoms with Crippen LogP contribution in [0.25, 0.3) is 0 Å². The fourth-order valence-corrected chi connectivity index (χ4v) is 0. The summed E-state index contributed by atoms with van der Waals surface area (Å²) >= 11 is 0. The molecule has 0 atom stereocenters. The second kappa shape index (κ2) is 23.5. The van der Waals surface area contributed by atoms with Crippen LogP contribution in [0.3, 0.4) is 0 Å². The summed E-state index contributed by atoms with van der Waals surface area (Å²) in [6.07, 6.45) is 0. The maximum atomic E-state index is 7.75. The molecular formula is C4H14AgN2O2. The van der Waals surface area contributed by atoms with Gasteiger partial charge in [-0.1, -0.05) is 0 Å². The van der Waals surface area contributed by atoms with Crippen molar-refractivity contribution in [3.63, 3.8) is 0 Å². The van der Waals surface area contributed by atoms with Crippen LogP contribution in [0.5, 0.6) is 0 Å². The molecule has 5 heteroatoms. The van der Waals surface area contributed by atoms with Crippen molar-refractivity contribution in [2.45, 2.75) is 0 Å². The van der Waals surface area contributed by atoms with Gasteiger partial charge in [0.15, 0.2) is 0 Å². The van der Waals surface area contributed by atoms with Gasteiger partial charge < -0.3 is 21.7 Å². The molecular weight excluding hydrogens is 216 g/mol. The van der Waals surface area contributed by atoms with E-state index in [2.05, 4.69) is 0 Å². The summed E-state index contributed by atoms with van der Waals surface area (Å²) < 4.78 is 0. The van der Waals surface area contributed by atoms with Gasteiger partial charge in [0.1, 0.15) is 0 Å². The van der Waals surface area contributed by atoms with Crippen LogP contribution in [0.15, 0.2) is 0 Å². The van der Waals surface area contributed by atoms with E-state index >= 15 is 0 Å². The zero-order chi connectivity index (χ0) is 6.83. The van der Waals surface area contributed by atoms with Crippen LogP contribution in [0, 0.1) is 0 Å². The number of hydrogen-bond donors (Lipinski definition) is 4. The summed E-state index contributed by atoms with van der Waals surface area (Å²) in [5, 5.41) is 15.5.